The van der Waals surface area contributed by atoms with Crippen molar-refractivity contribution in [3.8, 4) is 0 Å². The summed E-state index contributed by atoms with van der Waals surface area (Å²) in [5, 5.41) is 0. The highest BCUT2D eigenvalue weighted by Crippen LogP contribution is 2.15. The second-order valence-electron chi connectivity index (χ2n) is 3.46. The van der Waals surface area contributed by atoms with Gasteiger partial charge in [0.1, 0.15) is 5.76 Å². The maximum Gasteiger partial charge on any atom is 0.119 e. The first kappa shape index (κ1) is 9.85. The Morgan fingerprint density at radius 2 is 1.77 bits per heavy atom. The third kappa shape index (κ3) is 2.94. The Balaban J connectivity index is 2.72. The van der Waals surface area contributed by atoms with E-state index in [4.69, 9.17) is 4.74 Å². The van der Waals surface area contributed by atoms with Crippen LogP contribution in [0.5, 0.6) is 0 Å². The molecule has 0 spiro atoms. The van der Waals surface area contributed by atoms with E-state index in [0.717, 1.165) is 11.3 Å². The maximum absolute atomic E-state index is 5.48. The van der Waals surface area contributed by atoms with Crippen molar-refractivity contribution >= 4 is 5.76 Å². The minimum atomic E-state index is 0.189. The Morgan fingerprint density at radius 3 is 2.23 bits per heavy atom. The Labute approximate surface area is 80.0 Å². The van der Waals surface area contributed by atoms with Crippen LogP contribution < -0.4 is 0 Å². The van der Waals surface area contributed by atoms with Gasteiger partial charge in [-0.15, -0.1) is 0 Å². The van der Waals surface area contributed by atoms with Crippen molar-refractivity contribution in [2.75, 3.05) is 0 Å². The molecule has 0 N–H and O–H groups in total. The normalized spacial score (nSPS) is 10.2. The van der Waals surface area contributed by atoms with Crippen LogP contribution in [0, 0.1) is 6.92 Å². The van der Waals surface area contributed by atoms with Gasteiger partial charge in [-0.05, 0) is 20.8 Å². The fraction of sp³-hybridized carbons (Fsp3) is 0.333. The van der Waals surface area contributed by atoms with E-state index >= 15 is 0 Å². The van der Waals surface area contributed by atoms with E-state index in [1.54, 1.807) is 0 Å². The predicted octanol–water partition coefficient (Wildman–Crippen LogP) is 3.39. The number of hydrogen-bond acceptors (Lipinski definition) is 1. The fourth-order valence-corrected chi connectivity index (χ4v) is 1.09. The molecule has 0 bridgehead atoms. The van der Waals surface area contributed by atoms with Gasteiger partial charge in [0.25, 0.3) is 0 Å². The van der Waals surface area contributed by atoms with Crippen LogP contribution in [0.4, 0.5) is 0 Å². The predicted molar refractivity (Wildman–Crippen MR) is 56.4 cm³/mol. The first-order valence-corrected chi connectivity index (χ1v) is 4.52. The zero-order chi connectivity index (χ0) is 9.84. The minimum absolute atomic E-state index is 0.189. The molecule has 1 rings (SSSR count). The summed E-state index contributed by atoms with van der Waals surface area (Å²) in [6.07, 6.45) is 0.189. The van der Waals surface area contributed by atoms with Gasteiger partial charge >= 0.3 is 0 Å². The molecule has 0 amide bonds. The van der Waals surface area contributed by atoms with E-state index in [-0.39, 0.29) is 6.10 Å². The quantitative estimate of drug-likeness (QED) is 0.641. The summed E-state index contributed by atoms with van der Waals surface area (Å²) in [5.74, 6) is 0.745. The molecule has 0 aliphatic carbocycles. The average molecular weight is 176 g/mol. The lowest BCUT2D eigenvalue weighted by Gasteiger charge is -2.12. The van der Waals surface area contributed by atoms with E-state index in [2.05, 4.69) is 25.6 Å². The van der Waals surface area contributed by atoms with Gasteiger partial charge in [-0.2, -0.15) is 0 Å². The van der Waals surface area contributed by atoms with E-state index in [9.17, 15) is 0 Å². The van der Waals surface area contributed by atoms with Gasteiger partial charge in [0, 0.05) is 5.56 Å². The van der Waals surface area contributed by atoms with Crippen molar-refractivity contribution in [2.45, 2.75) is 26.9 Å². The average Bonchev–Trinajstić information content (AvgIpc) is 2.04. The molecule has 0 aliphatic rings. The topological polar surface area (TPSA) is 9.23 Å². The van der Waals surface area contributed by atoms with Crippen LogP contribution in [0.25, 0.3) is 5.76 Å². The molecule has 1 aromatic carbocycles. The van der Waals surface area contributed by atoms with Crippen LogP contribution >= 0.6 is 0 Å². The van der Waals surface area contributed by atoms with Gasteiger partial charge in [0.2, 0.25) is 0 Å². The van der Waals surface area contributed by atoms with Gasteiger partial charge in [0.05, 0.1) is 6.10 Å². The molecule has 0 radical (unpaired) electrons. The number of rotatable bonds is 3. The molecule has 0 unspecified atom stereocenters. The number of benzene rings is 1. The Bertz CT molecular complexity index is 282. The molecule has 0 aliphatic heterocycles. The third-order valence-corrected chi connectivity index (χ3v) is 1.75. The number of aryl methyl sites for hydroxylation is 1. The molecule has 0 saturated heterocycles. The monoisotopic (exact) mass is 176 g/mol. The van der Waals surface area contributed by atoms with Crippen LogP contribution in [0.1, 0.15) is 25.0 Å². The molecule has 0 atom stereocenters. The maximum atomic E-state index is 5.48. The van der Waals surface area contributed by atoms with Crippen molar-refractivity contribution in [3.63, 3.8) is 0 Å². The zero-order valence-electron chi connectivity index (χ0n) is 8.50. The second-order valence-corrected chi connectivity index (χ2v) is 3.46. The molecule has 70 valence electrons. The molecule has 1 heteroatoms. The Kier molecular flexibility index (Phi) is 3.13. The molecule has 0 fully saturated rings. The van der Waals surface area contributed by atoms with Crippen LogP contribution in [0.2, 0.25) is 0 Å². The molecule has 13 heavy (non-hydrogen) atoms. The zero-order valence-corrected chi connectivity index (χ0v) is 8.50. The lowest BCUT2D eigenvalue weighted by Crippen LogP contribution is -2.00. The largest absolute Gasteiger partial charge is 0.491 e. The van der Waals surface area contributed by atoms with Gasteiger partial charge in [-0.1, -0.05) is 36.4 Å². The van der Waals surface area contributed by atoms with Gasteiger partial charge in [-0.25, -0.2) is 0 Å². The summed E-state index contributed by atoms with van der Waals surface area (Å²) in [6, 6.07) is 8.18. The summed E-state index contributed by atoms with van der Waals surface area (Å²) in [6.45, 7) is 9.94. The first-order valence-electron chi connectivity index (χ1n) is 4.52. The molecule has 0 saturated carbocycles. The van der Waals surface area contributed by atoms with Crippen LogP contribution in [0.15, 0.2) is 30.8 Å². The SMILES string of the molecule is C=C(OC(C)C)c1ccc(C)cc1. The fourth-order valence-electron chi connectivity index (χ4n) is 1.09. The van der Waals surface area contributed by atoms with Crippen molar-refractivity contribution in [2.24, 2.45) is 0 Å². The summed E-state index contributed by atoms with van der Waals surface area (Å²) in [5.41, 5.74) is 2.31. The highest BCUT2D eigenvalue weighted by atomic mass is 16.5. The highest BCUT2D eigenvalue weighted by Gasteiger charge is 2.00. The standard InChI is InChI=1S/C12H16O/c1-9(2)13-11(4)12-7-5-10(3)6-8-12/h5-9H,4H2,1-3H3. The summed E-state index contributed by atoms with van der Waals surface area (Å²) >= 11 is 0. The molecule has 1 aromatic rings. The van der Waals surface area contributed by atoms with Gasteiger partial charge in [-0.3, -0.25) is 0 Å². The van der Waals surface area contributed by atoms with Crippen molar-refractivity contribution in [1.29, 1.82) is 0 Å². The lowest BCUT2D eigenvalue weighted by atomic mass is 10.1. The summed E-state index contributed by atoms with van der Waals surface area (Å²) in [7, 11) is 0. The Morgan fingerprint density at radius 1 is 1.23 bits per heavy atom. The number of hydrogen-bond donors (Lipinski definition) is 0. The molecule has 1 nitrogen and oxygen atoms in total. The van der Waals surface area contributed by atoms with E-state index in [1.165, 1.54) is 5.56 Å². The highest BCUT2D eigenvalue weighted by molar-refractivity contribution is 5.57. The second kappa shape index (κ2) is 4.13. The molecule has 0 heterocycles. The summed E-state index contributed by atoms with van der Waals surface area (Å²) < 4.78 is 5.48. The van der Waals surface area contributed by atoms with Crippen molar-refractivity contribution < 1.29 is 4.74 Å². The smallest absolute Gasteiger partial charge is 0.119 e. The number of ether oxygens (including phenoxy) is 1. The van der Waals surface area contributed by atoms with Crippen molar-refractivity contribution in [1.82, 2.24) is 0 Å². The molecular formula is C12H16O. The van der Waals surface area contributed by atoms with Gasteiger partial charge in [0.15, 0.2) is 0 Å². The van der Waals surface area contributed by atoms with Crippen molar-refractivity contribution in [3.05, 3.63) is 42.0 Å². The third-order valence-electron chi connectivity index (χ3n) is 1.75. The molecular weight excluding hydrogens is 160 g/mol. The molecule has 0 aromatic heterocycles. The van der Waals surface area contributed by atoms with E-state index in [1.807, 2.05) is 26.0 Å². The first-order chi connectivity index (χ1) is 6.09. The van der Waals surface area contributed by atoms with Crippen LogP contribution in [-0.2, 0) is 4.74 Å². The van der Waals surface area contributed by atoms with Crippen LogP contribution in [-0.4, -0.2) is 6.10 Å². The van der Waals surface area contributed by atoms with Crippen LogP contribution in [0.3, 0.4) is 0 Å². The van der Waals surface area contributed by atoms with Gasteiger partial charge < -0.3 is 4.74 Å². The summed E-state index contributed by atoms with van der Waals surface area (Å²) in [4.78, 5) is 0. The van der Waals surface area contributed by atoms with E-state index in [0.29, 0.717) is 0 Å². The lowest BCUT2D eigenvalue weighted by molar-refractivity contribution is 0.205. The van der Waals surface area contributed by atoms with E-state index < -0.39 is 0 Å². The Hall–Kier alpha value is -1.24. The minimum Gasteiger partial charge on any atom is -0.491 e.